The second kappa shape index (κ2) is 12.0. The van der Waals surface area contributed by atoms with Crippen molar-refractivity contribution in [1.29, 1.82) is 0 Å². The molecule has 0 spiro atoms. The summed E-state index contributed by atoms with van der Waals surface area (Å²) in [5.74, 6) is 0.111. The zero-order valence-corrected chi connectivity index (χ0v) is 23.5. The molecule has 0 atom stereocenters. The third-order valence-corrected chi connectivity index (χ3v) is 5.68. The van der Waals surface area contributed by atoms with Crippen LogP contribution >= 0.6 is 11.6 Å². The van der Waals surface area contributed by atoms with Crippen molar-refractivity contribution < 1.29 is 18.4 Å². The van der Waals surface area contributed by atoms with E-state index in [9.17, 15) is 9.18 Å². The van der Waals surface area contributed by atoms with Crippen molar-refractivity contribution >= 4 is 17.6 Å². The van der Waals surface area contributed by atoms with Crippen molar-refractivity contribution in [1.82, 2.24) is 19.9 Å². The minimum Gasteiger partial charge on any atom is -0.459 e. The summed E-state index contributed by atoms with van der Waals surface area (Å²) in [5, 5.41) is 9.06. The Balaban J connectivity index is 0.00000109. The topological polar surface area (TPSA) is 83.0 Å². The fourth-order valence-electron chi connectivity index (χ4n) is 3.76. The standard InChI is InChI=1S/C23H26ClFN4O3.2C2H6/c1-13(2)18-11-17(27-29(18)12-19(30)31-22(3,4)5)20-26-21(28-32-20)23(8-9-23)15-7-6-14(25)10-16(15)24;2*1-2/h6-7,10-11,13H,8-9,12H2,1-5H3;2*1-2H3. The van der Waals surface area contributed by atoms with Crippen molar-refractivity contribution in [3.8, 4) is 11.6 Å². The molecule has 0 N–H and O–H groups in total. The monoisotopic (exact) mass is 520 g/mol. The van der Waals surface area contributed by atoms with Gasteiger partial charge < -0.3 is 9.26 Å². The molecule has 1 fully saturated rings. The average molecular weight is 521 g/mol. The van der Waals surface area contributed by atoms with E-state index in [0.717, 1.165) is 24.1 Å². The average Bonchev–Trinajstić information content (AvgIpc) is 3.25. The molecule has 2 heterocycles. The van der Waals surface area contributed by atoms with E-state index < -0.39 is 11.0 Å². The molecule has 0 aliphatic heterocycles. The number of carbonyl (C=O) groups is 1. The SMILES string of the molecule is CC.CC.CC(C)c1cc(-c2nc(C3(c4ccc(F)cc4Cl)CC3)no2)nn1CC(=O)OC(C)(C)C. The maximum atomic E-state index is 13.5. The number of aromatic nitrogens is 4. The van der Waals surface area contributed by atoms with E-state index in [2.05, 4.69) is 15.2 Å². The summed E-state index contributed by atoms with van der Waals surface area (Å²) in [6.07, 6.45) is 1.59. The van der Waals surface area contributed by atoms with E-state index in [1.165, 1.54) is 12.1 Å². The third-order valence-electron chi connectivity index (χ3n) is 5.37. The summed E-state index contributed by atoms with van der Waals surface area (Å²) < 4.78 is 26.1. The van der Waals surface area contributed by atoms with Gasteiger partial charge in [0.15, 0.2) is 11.5 Å². The molecule has 9 heteroatoms. The molecule has 4 rings (SSSR count). The van der Waals surface area contributed by atoms with Crippen LogP contribution in [-0.2, 0) is 21.5 Å². The predicted octanol–water partition coefficient (Wildman–Crippen LogP) is 7.32. The molecule has 1 aliphatic carbocycles. The van der Waals surface area contributed by atoms with Crippen LogP contribution in [0.3, 0.4) is 0 Å². The van der Waals surface area contributed by atoms with E-state index >= 15 is 0 Å². The zero-order valence-electron chi connectivity index (χ0n) is 22.8. The molecular weight excluding hydrogens is 483 g/mol. The van der Waals surface area contributed by atoms with Crippen LogP contribution in [0, 0.1) is 5.82 Å². The zero-order chi connectivity index (χ0) is 27.3. The summed E-state index contributed by atoms with van der Waals surface area (Å²) in [5.41, 5.74) is 1.07. The normalized spacial score (nSPS) is 13.9. The number of ether oxygens (including phenoxy) is 1. The van der Waals surface area contributed by atoms with Gasteiger partial charge in [-0.05, 0) is 63.3 Å². The maximum absolute atomic E-state index is 13.5. The molecule has 0 amide bonds. The lowest BCUT2D eigenvalue weighted by molar-refractivity contribution is -0.155. The summed E-state index contributed by atoms with van der Waals surface area (Å²) in [6, 6.07) is 6.20. The molecule has 36 heavy (non-hydrogen) atoms. The number of esters is 1. The van der Waals surface area contributed by atoms with Crippen molar-refractivity contribution in [3.05, 3.63) is 52.2 Å². The second-order valence-corrected chi connectivity index (χ2v) is 9.89. The molecule has 198 valence electrons. The summed E-state index contributed by atoms with van der Waals surface area (Å²) in [4.78, 5) is 16.9. The van der Waals surface area contributed by atoms with Gasteiger partial charge in [0, 0.05) is 10.7 Å². The summed E-state index contributed by atoms with van der Waals surface area (Å²) in [7, 11) is 0. The van der Waals surface area contributed by atoms with Crippen molar-refractivity contribution in [2.45, 2.75) is 98.6 Å². The highest BCUT2D eigenvalue weighted by molar-refractivity contribution is 6.31. The van der Waals surface area contributed by atoms with Crippen LogP contribution in [0.5, 0.6) is 0 Å². The maximum Gasteiger partial charge on any atom is 0.328 e. The van der Waals surface area contributed by atoms with Crippen LogP contribution in [0.15, 0.2) is 28.8 Å². The van der Waals surface area contributed by atoms with Crippen molar-refractivity contribution in [3.63, 3.8) is 0 Å². The first-order valence-corrected chi connectivity index (χ1v) is 13.0. The Bertz CT molecular complexity index is 1160. The number of halogens is 2. The molecule has 1 aliphatic rings. The Morgan fingerprint density at radius 2 is 1.83 bits per heavy atom. The highest BCUT2D eigenvalue weighted by Gasteiger charge is 2.51. The third kappa shape index (κ3) is 6.72. The second-order valence-electron chi connectivity index (χ2n) is 9.48. The van der Waals surface area contributed by atoms with Crippen molar-refractivity contribution in [2.75, 3.05) is 0 Å². The van der Waals surface area contributed by atoms with Gasteiger partial charge in [-0.15, -0.1) is 0 Å². The van der Waals surface area contributed by atoms with Gasteiger partial charge in [0.1, 0.15) is 18.0 Å². The molecule has 0 radical (unpaired) electrons. The fourth-order valence-corrected chi connectivity index (χ4v) is 4.11. The minimum absolute atomic E-state index is 0.0130. The van der Waals surface area contributed by atoms with E-state index in [1.807, 2.05) is 68.4 Å². The number of carbonyl (C=O) groups excluding carboxylic acids is 1. The highest BCUT2D eigenvalue weighted by Crippen LogP contribution is 2.54. The quantitative estimate of drug-likeness (QED) is 0.316. The smallest absolute Gasteiger partial charge is 0.328 e. The van der Waals surface area contributed by atoms with Gasteiger partial charge >= 0.3 is 5.97 Å². The van der Waals surface area contributed by atoms with Gasteiger partial charge in [-0.1, -0.05) is 64.4 Å². The Hall–Kier alpha value is -2.74. The van der Waals surface area contributed by atoms with Gasteiger partial charge in [-0.3, -0.25) is 9.48 Å². The van der Waals surface area contributed by atoms with Gasteiger partial charge in [-0.2, -0.15) is 10.1 Å². The van der Waals surface area contributed by atoms with Gasteiger partial charge in [0.2, 0.25) is 0 Å². The Morgan fingerprint density at radius 3 is 2.36 bits per heavy atom. The Kier molecular flexibility index (Phi) is 9.83. The van der Waals surface area contributed by atoms with Gasteiger partial charge in [0.05, 0.1) is 5.41 Å². The first-order valence-electron chi connectivity index (χ1n) is 12.6. The molecule has 1 aromatic carbocycles. The van der Waals surface area contributed by atoms with Gasteiger partial charge in [-0.25, -0.2) is 4.39 Å². The van der Waals surface area contributed by atoms with E-state index in [-0.39, 0.29) is 30.1 Å². The van der Waals surface area contributed by atoms with Gasteiger partial charge in [0.25, 0.3) is 5.89 Å². The number of benzene rings is 1. The van der Waals surface area contributed by atoms with Crippen LogP contribution in [0.25, 0.3) is 11.6 Å². The van der Waals surface area contributed by atoms with E-state index in [0.29, 0.717) is 16.5 Å². The number of hydrogen-bond donors (Lipinski definition) is 0. The predicted molar refractivity (Wildman–Crippen MR) is 140 cm³/mol. The molecular formula is C27H38ClFN4O3. The summed E-state index contributed by atoms with van der Waals surface area (Å²) in [6.45, 7) is 17.5. The molecule has 1 saturated carbocycles. The number of rotatable bonds is 6. The van der Waals surface area contributed by atoms with Crippen LogP contribution in [-0.4, -0.2) is 31.5 Å². The largest absolute Gasteiger partial charge is 0.459 e. The lowest BCUT2D eigenvalue weighted by Crippen LogP contribution is -2.27. The lowest BCUT2D eigenvalue weighted by Gasteiger charge is -2.20. The molecule has 3 aromatic rings. The van der Waals surface area contributed by atoms with E-state index in [4.69, 9.17) is 20.9 Å². The summed E-state index contributed by atoms with van der Waals surface area (Å²) >= 11 is 6.30. The van der Waals surface area contributed by atoms with Crippen LogP contribution < -0.4 is 0 Å². The Labute approximate surface area is 218 Å². The molecule has 0 bridgehead atoms. The van der Waals surface area contributed by atoms with Crippen LogP contribution in [0.1, 0.15) is 98.2 Å². The highest BCUT2D eigenvalue weighted by atomic mass is 35.5. The molecule has 7 nitrogen and oxygen atoms in total. The molecule has 0 unspecified atom stereocenters. The first kappa shape index (κ1) is 29.5. The molecule has 0 saturated heterocycles. The van der Waals surface area contributed by atoms with E-state index in [1.54, 1.807) is 10.7 Å². The van der Waals surface area contributed by atoms with Crippen LogP contribution in [0.2, 0.25) is 5.02 Å². The van der Waals surface area contributed by atoms with Crippen molar-refractivity contribution in [2.24, 2.45) is 0 Å². The van der Waals surface area contributed by atoms with Crippen LogP contribution in [0.4, 0.5) is 4.39 Å². The molecule has 2 aromatic heterocycles. The Morgan fingerprint density at radius 1 is 1.19 bits per heavy atom. The number of hydrogen-bond acceptors (Lipinski definition) is 6. The fraction of sp³-hybridized carbons (Fsp3) is 0.556. The minimum atomic E-state index is -0.577. The number of nitrogens with zero attached hydrogens (tertiary/aromatic N) is 4. The first-order chi connectivity index (χ1) is 17.0. The lowest BCUT2D eigenvalue weighted by atomic mass is 9.95.